The van der Waals surface area contributed by atoms with Crippen molar-refractivity contribution in [1.82, 2.24) is 0 Å². The molecule has 3 rings (SSSR count). The molecule has 124 valence electrons. The van der Waals surface area contributed by atoms with Gasteiger partial charge in [-0.25, -0.2) is 0 Å². The molecule has 0 radical (unpaired) electrons. The highest BCUT2D eigenvalue weighted by Gasteiger charge is 2.28. The Morgan fingerprint density at radius 2 is 1.39 bits per heavy atom. The van der Waals surface area contributed by atoms with Gasteiger partial charge < -0.3 is 27.2 Å². The molecular formula is C19H24ClNO2. The van der Waals surface area contributed by atoms with Crippen molar-refractivity contribution in [2.24, 2.45) is 0 Å². The van der Waals surface area contributed by atoms with E-state index in [0.29, 0.717) is 0 Å². The molecule has 1 saturated heterocycles. The van der Waals surface area contributed by atoms with Gasteiger partial charge in [0.1, 0.15) is 13.1 Å². The smallest absolute Gasteiger partial charge is 0.101 e. The van der Waals surface area contributed by atoms with E-state index in [9.17, 15) is 5.11 Å². The fourth-order valence-corrected chi connectivity index (χ4v) is 3.17. The number of aliphatic hydroxyl groups is 1. The molecule has 0 saturated carbocycles. The van der Waals surface area contributed by atoms with Gasteiger partial charge in [0.05, 0.1) is 31.8 Å². The normalized spacial score (nSPS) is 18.0. The molecule has 2 N–H and O–H groups in total. The zero-order chi connectivity index (χ0) is 15.2. The van der Waals surface area contributed by atoms with E-state index in [1.54, 1.807) is 0 Å². The minimum absolute atomic E-state index is 0. The number of morpholine rings is 1. The fourth-order valence-electron chi connectivity index (χ4n) is 3.17. The highest BCUT2D eigenvalue weighted by atomic mass is 35.5. The van der Waals surface area contributed by atoms with Crippen molar-refractivity contribution in [2.45, 2.75) is 12.0 Å². The zero-order valence-electron chi connectivity index (χ0n) is 13.2. The minimum Gasteiger partial charge on any atom is -1.00 e. The summed E-state index contributed by atoms with van der Waals surface area (Å²) in [7, 11) is 0. The number of benzene rings is 2. The van der Waals surface area contributed by atoms with Crippen molar-refractivity contribution in [3.63, 3.8) is 0 Å². The topological polar surface area (TPSA) is 33.9 Å². The molecule has 0 bridgehead atoms. The van der Waals surface area contributed by atoms with Crippen molar-refractivity contribution in [3.8, 4) is 0 Å². The van der Waals surface area contributed by atoms with E-state index in [4.69, 9.17) is 4.74 Å². The Bertz CT molecular complexity index is 558. The molecule has 1 aliphatic rings. The van der Waals surface area contributed by atoms with Gasteiger partial charge in [0.25, 0.3) is 0 Å². The van der Waals surface area contributed by atoms with Crippen LogP contribution in [0.1, 0.15) is 23.1 Å². The molecule has 0 spiro atoms. The average Bonchev–Trinajstić information content (AvgIpc) is 2.61. The number of rotatable bonds is 5. The first kappa shape index (κ1) is 18.0. The standard InChI is InChI=1S/C19H23NO2.ClH/c21-19(17-9-5-2-6-10-17)18(16-7-3-1-4-8-16)15-20-11-13-22-14-12-20;/h1-10,18-19,21H,11-15H2;1H. The molecule has 23 heavy (non-hydrogen) atoms. The summed E-state index contributed by atoms with van der Waals surface area (Å²) in [6, 6.07) is 20.4. The molecule has 2 atom stereocenters. The summed E-state index contributed by atoms with van der Waals surface area (Å²) in [5.41, 5.74) is 2.20. The highest BCUT2D eigenvalue weighted by Crippen LogP contribution is 2.29. The van der Waals surface area contributed by atoms with Crippen molar-refractivity contribution in [2.75, 3.05) is 32.8 Å². The predicted octanol–water partition coefficient (Wildman–Crippen LogP) is -1.58. The van der Waals surface area contributed by atoms with Crippen LogP contribution in [0, 0.1) is 0 Å². The lowest BCUT2D eigenvalue weighted by molar-refractivity contribution is -0.909. The molecule has 1 fully saturated rings. The third-order valence-electron chi connectivity index (χ3n) is 4.46. The van der Waals surface area contributed by atoms with E-state index < -0.39 is 6.10 Å². The summed E-state index contributed by atoms with van der Waals surface area (Å²) in [6.45, 7) is 4.61. The Kier molecular flexibility index (Phi) is 7.06. The van der Waals surface area contributed by atoms with Gasteiger partial charge in [-0.05, 0) is 11.1 Å². The Hall–Kier alpha value is -1.39. The van der Waals surface area contributed by atoms with Crippen LogP contribution in [0.4, 0.5) is 0 Å². The van der Waals surface area contributed by atoms with Crippen LogP contribution < -0.4 is 17.3 Å². The summed E-state index contributed by atoms with van der Waals surface area (Å²) >= 11 is 0. The summed E-state index contributed by atoms with van der Waals surface area (Å²) < 4.78 is 5.45. The number of aliphatic hydroxyl groups excluding tert-OH is 1. The Morgan fingerprint density at radius 1 is 0.870 bits per heavy atom. The van der Waals surface area contributed by atoms with Gasteiger partial charge >= 0.3 is 0 Å². The summed E-state index contributed by atoms with van der Waals surface area (Å²) in [4.78, 5) is 1.51. The molecule has 0 amide bonds. The van der Waals surface area contributed by atoms with E-state index in [0.717, 1.165) is 38.4 Å². The fraction of sp³-hybridized carbons (Fsp3) is 0.368. The van der Waals surface area contributed by atoms with Gasteiger partial charge in [0.15, 0.2) is 0 Å². The van der Waals surface area contributed by atoms with Crippen LogP contribution >= 0.6 is 0 Å². The predicted molar refractivity (Wildman–Crippen MR) is 87.0 cm³/mol. The van der Waals surface area contributed by atoms with E-state index in [2.05, 4.69) is 24.3 Å². The molecule has 1 heterocycles. The average molecular weight is 334 g/mol. The first-order chi connectivity index (χ1) is 10.8. The van der Waals surface area contributed by atoms with Crippen molar-refractivity contribution in [3.05, 3.63) is 71.8 Å². The van der Waals surface area contributed by atoms with Gasteiger partial charge in [-0.3, -0.25) is 0 Å². The SMILES string of the molecule is OC(c1ccccc1)C(C[NH+]1CCOCC1)c1ccccc1.[Cl-]. The second-order valence-electron chi connectivity index (χ2n) is 5.94. The number of hydrogen-bond acceptors (Lipinski definition) is 2. The maximum Gasteiger partial charge on any atom is 0.101 e. The number of quaternary nitrogens is 1. The molecule has 3 nitrogen and oxygen atoms in total. The van der Waals surface area contributed by atoms with Crippen LogP contribution in [0.3, 0.4) is 0 Å². The number of ether oxygens (including phenoxy) is 1. The summed E-state index contributed by atoms with van der Waals surface area (Å²) in [5.74, 6) is 0.108. The lowest BCUT2D eigenvalue weighted by Gasteiger charge is -2.30. The first-order valence-corrected chi connectivity index (χ1v) is 8.04. The van der Waals surface area contributed by atoms with Gasteiger partial charge in [-0.2, -0.15) is 0 Å². The lowest BCUT2D eigenvalue weighted by atomic mass is 9.88. The Balaban J connectivity index is 0.00000192. The van der Waals surface area contributed by atoms with E-state index >= 15 is 0 Å². The molecule has 4 heteroatoms. The van der Waals surface area contributed by atoms with Gasteiger partial charge in [0.2, 0.25) is 0 Å². The second-order valence-corrected chi connectivity index (χ2v) is 5.94. The largest absolute Gasteiger partial charge is 1.00 e. The lowest BCUT2D eigenvalue weighted by Crippen LogP contribution is -3.14. The molecular weight excluding hydrogens is 310 g/mol. The van der Waals surface area contributed by atoms with E-state index in [1.165, 1.54) is 10.5 Å². The maximum absolute atomic E-state index is 10.9. The molecule has 0 aliphatic carbocycles. The second kappa shape index (κ2) is 9.04. The van der Waals surface area contributed by atoms with Crippen molar-refractivity contribution in [1.29, 1.82) is 0 Å². The zero-order valence-corrected chi connectivity index (χ0v) is 14.0. The Labute approximate surface area is 144 Å². The monoisotopic (exact) mass is 333 g/mol. The maximum atomic E-state index is 10.9. The molecule has 1 aliphatic heterocycles. The molecule has 0 aromatic heterocycles. The van der Waals surface area contributed by atoms with Crippen LogP contribution in [0.25, 0.3) is 0 Å². The third kappa shape index (κ3) is 4.79. The van der Waals surface area contributed by atoms with Crippen LogP contribution in [-0.4, -0.2) is 38.0 Å². The number of halogens is 1. The molecule has 2 unspecified atom stereocenters. The first-order valence-electron chi connectivity index (χ1n) is 8.04. The van der Waals surface area contributed by atoms with Gasteiger partial charge in [0, 0.05) is 0 Å². The van der Waals surface area contributed by atoms with Crippen LogP contribution in [0.2, 0.25) is 0 Å². The molecule has 2 aromatic carbocycles. The van der Waals surface area contributed by atoms with E-state index in [1.807, 2.05) is 36.4 Å². The van der Waals surface area contributed by atoms with Gasteiger partial charge in [-0.1, -0.05) is 60.7 Å². The Morgan fingerprint density at radius 3 is 1.96 bits per heavy atom. The van der Waals surface area contributed by atoms with Crippen LogP contribution in [0.5, 0.6) is 0 Å². The van der Waals surface area contributed by atoms with E-state index in [-0.39, 0.29) is 18.3 Å². The number of hydrogen-bond donors (Lipinski definition) is 2. The minimum atomic E-state index is -0.473. The highest BCUT2D eigenvalue weighted by molar-refractivity contribution is 5.26. The van der Waals surface area contributed by atoms with Crippen LogP contribution in [0.15, 0.2) is 60.7 Å². The third-order valence-corrected chi connectivity index (χ3v) is 4.46. The molecule has 2 aromatic rings. The van der Waals surface area contributed by atoms with Crippen molar-refractivity contribution >= 4 is 0 Å². The summed E-state index contributed by atoms with van der Waals surface area (Å²) in [6.07, 6.45) is -0.473. The van der Waals surface area contributed by atoms with Gasteiger partial charge in [-0.15, -0.1) is 0 Å². The summed E-state index contributed by atoms with van der Waals surface area (Å²) in [5, 5.41) is 10.9. The number of nitrogens with one attached hydrogen (secondary N) is 1. The quantitative estimate of drug-likeness (QED) is 0.693. The van der Waals surface area contributed by atoms with Crippen LogP contribution in [-0.2, 0) is 4.74 Å². The van der Waals surface area contributed by atoms with Crippen molar-refractivity contribution < 1.29 is 27.2 Å².